The SMILES string of the molecule is CC[C@@H](O)c1ccc(Br)o1. The van der Waals surface area contributed by atoms with Crippen molar-refractivity contribution in [1.29, 1.82) is 0 Å². The zero-order valence-electron chi connectivity index (χ0n) is 5.67. The van der Waals surface area contributed by atoms with Crippen LogP contribution in [0, 0.1) is 0 Å². The molecule has 0 spiro atoms. The molecule has 10 heavy (non-hydrogen) atoms. The molecule has 56 valence electrons. The van der Waals surface area contributed by atoms with E-state index in [2.05, 4.69) is 15.9 Å². The number of aliphatic hydroxyl groups excluding tert-OH is 1. The van der Waals surface area contributed by atoms with Gasteiger partial charge in [-0.3, -0.25) is 0 Å². The normalized spacial score (nSPS) is 13.5. The van der Waals surface area contributed by atoms with Crippen LogP contribution < -0.4 is 0 Å². The van der Waals surface area contributed by atoms with Gasteiger partial charge in [0.25, 0.3) is 0 Å². The van der Waals surface area contributed by atoms with Crippen LogP contribution in [0.3, 0.4) is 0 Å². The summed E-state index contributed by atoms with van der Waals surface area (Å²) in [5, 5.41) is 9.23. The first kappa shape index (κ1) is 7.82. The van der Waals surface area contributed by atoms with E-state index in [0.717, 1.165) is 0 Å². The van der Waals surface area contributed by atoms with Crippen molar-refractivity contribution >= 4 is 15.9 Å². The smallest absolute Gasteiger partial charge is 0.169 e. The number of rotatable bonds is 2. The summed E-state index contributed by atoms with van der Waals surface area (Å²) in [5.41, 5.74) is 0. The Labute approximate surface area is 68.0 Å². The molecule has 0 aliphatic carbocycles. The van der Waals surface area contributed by atoms with Gasteiger partial charge in [-0.15, -0.1) is 0 Å². The highest BCUT2D eigenvalue weighted by atomic mass is 79.9. The van der Waals surface area contributed by atoms with E-state index in [1.165, 1.54) is 0 Å². The van der Waals surface area contributed by atoms with Crippen molar-refractivity contribution in [2.45, 2.75) is 19.4 Å². The van der Waals surface area contributed by atoms with Crippen molar-refractivity contribution < 1.29 is 9.52 Å². The highest BCUT2D eigenvalue weighted by Gasteiger charge is 2.07. The fraction of sp³-hybridized carbons (Fsp3) is 0.429. The Morgan fingerprint density at radius 1 is 1.70 bits per heavy atom. The minimum Gasteiger partial charge on any atom is -0.452 e. The maximum atomic E-state index is 9.23. The third-order valence-electron chi connectivity index (χ3n) is 1.31. The van der Waals surface area contributed by atoms with Gasteiger partial charge in [0.15, 0.2) is 4.67 Å². The molecule has 0 bridgehead atoms. The van der Waals surface area contributed by atoms with Crippen LogP contribution in [0.2, 0.25) is 0 Å². The average Bonchev–Trinajstić information content (AvgIpc) is 2.34. The molecule has 1 N–H and O–H groups in total. The summed E-state index contributed by atoms with van der Waals surface area (Å²) in [6.07, 6.45) is 0.214. The zero-order chi connectivity index (χ0) is 7.56. The van der Waals surface area contributed by atoms with Crippen LogP contribution in [0.25, 0.3) is 0 Å². The Hall–Kier alpha value is -0.280. The van der Waals surface area contributed by atoms with Gasteiger partial charge in [0, 0.05) is 0 Å². The molecular weight excluding hydrogens is 196 g/mol. The maximum absolute atomic E-state index is 9.23. The molecule has 2 nitrogen and oxygen atoms in total. The summed E-state index contributed by atoms with van der Waals surface area (Å²) in [6.45, 7) is 1.90. The monoisotopic (exact) mass is 204 g/mol. The van der Waals surface area contributed by atoms with E-state index < -0.39 is 6.10 Å². The van der Waals surface area contributed by atoms with Crippen LogP contribution >= 0.6 is 15.9 Å². The second-order valence-electron chi connectivity index (χ2n) is 2.07. The summed E-state index contributed by atoms with van der Waals surface area (Å²) < 4.78 is 5.76. The Kier molecular flexibility index (Phi) is 2.51. The van der Waals surface area contributed by atoms with Gasteiger partial charge in [-0.05, 0) is 34.5 Å². The number of aliphatic hydroxyl groups is 1. The number of furan rings is 1. The van der Waals surface area contributed by atoms with Crippen LogP contribution in [-0.2, 0) is 0 Å². The largest absolute Gasteiger partial charge is 0.452 e. The Morgan fingerprint density at radius 2 is 2.40 bits per heavy atom. The lowest BCUT2D eigenvalue weighted by Crippen LogP contribution is -1.90. The quantitative estimate of drug-likeness (QED) is 0.804. The van der Waals surface area contributed by atoms with Crippen LogP contribution in [0.15, 0.2) is 21.2 Å². The molecule has 0 saturated heterocycles. The van der Waals surface area contributed by atoms with Crippen molar-refractivity contribution in [2.24, 2.45) is 0 Å². The van der Waals surface area contributed by atoms with Gasteiger partial charge in [0.05, 0.1) is 0 Å². The highest BCUT2D eigenvalue weighted by Crippen LogP contribution is 2.21. The summed E-state index contributed by atoms with van der Waals surface area (Å²) in [7, 11) is 0. The van der Waals surface area contributed by atoms with E-state index in [1.807, 2.05) is 6.92 Å². The molecule has 1 aromatic rings. The maximum Gasteiger partial charge on any atom is 0.169 e. The molecule has 0 saturated carbocycles. The van der Waals surface area contributed by atoms with Gasteiger partial charge in [-0.2, -0.15) is 0 Å². The third kappa shape index (κ3) is 1.61. The Bertz CT molecular complexity index is 207. The minimum atomic E-state index is -0.466. The predicted octanol–water partition coefficient (Wildman–Crippen LogP) is 2.49. The van der Waals surface area contributed by atoms with Gasteiger partial charge < -0.3 is 9.52 Å². The number of hydrogen-bond donors (Lipinski definition) is 1. The Balaban J connectivity index is 2.74. The van der Waals surface area contributed by atoms with Crippen molar-refractivity contribution in [3.05, 3.63) is 22.6 Å². The van der Waals surface area contributed by atoms with Crippen LogP contribution in [0.4, 0.5) is 0 Å². The van der Waals surface area contributed by atoms with E-state index in [-0.39, 0.29) is 0 Å². The fourth-order valence-electron chi connectivity index (χ4n) is 0.709. The molecule has 0 fully saturated rings. The van der Waals surface area contributed by atoms with Crippen LogP contribution in [-0.4, -0.2) is 5.11 Å². The molecule has 1 rings (SSSR count). The topological polar surface area (TPSA) is 33.4 Å². The molecule has 0 amide bonds. The second-order valence-corrected chi connectivity index (χ2v) is 2.85. The molecule has 1 heterocycles. The van der Waals surface area contributed by atoms with E-state index in [1.54, 1.807) is 12.1 Å². The average molecular weight is 205 g/mol. The first-order valence-electron chi connectivity index (χ1n) is 3.17. The lowest BCUT2D eigenvalue weighted by atomic mass is 10.2. The highest BCUT2D eigenvalue weighted by molar-refractivity contribution is 9.10. The molecule has 1 aromatic heterocycles. The fourth-order valence-corrected chi connectivity index (χ4v) is 1.03. The molecular formula is C7H9BrO2. The summed E-state index contributed by atoms with van der Waals surface area (Å²) in [6, 6.07) is 3.53. The van der Waals surface area contributed by atoms with Gasteiger partial charge in [0.2, 0.25) is 0 Å². The van der Waals surface area contributed by atoms with Gasteiger partial charge in [0.1, 0.15) is 11.9 Å². The Morgan fingerprint density at radius 3 is 2.80 bits per heavy atom. The van der Waals surface area contributed by atoms with Gasteiger partial charge in [-0.1, -0.05) is 6.92 Å². The van der Waals surface area contributed by atoms with E-state index >= 15 is 0 Å². The second kappa shape index (κ2) is 3.21. The van der Waals surface area contributed by atoms with Gasteiger partial charge in [-0.25, -0.2) is 0 Å². The van der Waals surface area contributed by atoms with Crippen molar-refractivity contribution in [1.82, 2.24) is 0 Å². The van der Waals surface area contributed by atoms with E-state index in [9.17, 15) is 5.11 Å². The molecule has 0 aliphatic rings. The first-order chi connectivity index (χ1) is 4.74. The summed E-state index contributed by atoms with van der Waals surface area (Å²) in [4.78, 5) is 0. The van der Waals surface area contributed by atoms with E-state index in [0.29, 0.717) is 16.9 Å². The van der Waals surface area contributed by atoms with E-state index in [4.69, 9.17) is 4.42 Å². The van der Waals surface area contributed by atoms with Crippen molar-refractivity contribution in [2.75, 3.05) is 0 Å². The van der Waals surface area contributed by atoms with Crippen molar-refractivity contribution in [3.63, 3.8) is 0 Å². The van der Waals surface area contributed by atoms with Crippen LogP contribution in [0.1, 0.15) is 25.2 Å². The molecule has 3 heteroatoms. The lowest BCUT2D eigenvalue weighted by Gasteiger charge is -2.00. The number of hydrogen-bond acceptors (Lipinski definition) is 2. The molecule has 1 atom stereocenters. The predicted molar refractivity (Wildman–Crippen MR) is 41.7 cm³/mol. The summed E-state index contributed by atoms with van der Waals surface area (Å²) >= 11 is 3.15. The standard InChI is InChI=1S/C7H9BrO2/c1-2-5(9)6-3-4-7(8)10-6/h3-5,9H,2H2,1H3/t5-/m1/s1. The first-order valence-corrected chi connectivity index (χ1v) is 3.96. The van der Waals surface area contributed by atoms with Gasteiger partial charge >= 0.3 is 0 Å². The van der Waals surface area contributed by atoms with Crippen LogP contribution in [0.5, 0.6) is 0 Å². The lowest BCUT2D eigenvalue weighted by molar-refractivity contribution is 0.144. The summed E-state index contributed by atoms with van der Waals surface area (Å²) in [5.74, 6) is 0.620. The molecule has 0 radical (unpaired) electrons. The molecule has 0 unspecified atom stereocenters. The minimum absolute atomic E-state index is 0.466. The molecule has 0 aliphatic heterocycles. The third-order valence-corrected chi connectivity index (χ3v) is 1.74. The molecule has 0 aromatic carbocycles. The van der Waals surface area contributed by atoms with Crippen molar-refractivity contribution in [3.8, 4) is 0 Å². The zero-order valence-corrected chi connectivity index (χ0v) is 7.26. The number of halogens is 1.